The molecule has 0 unspecified atom stereocenters. The fourth-order valence-corrected chi connectivity index (χ4v) is 2.18. The van der Waals surface area contributed by atoms with Gasteiger partial charge in [0.15, 0.2) is 5.78 Å². The molecule has 2 aromatic rings. The van der Waals surface area contributed by atoms with Crippen LogP contribution in [0.15, 0.2) is 18.2 Å². The van der Waals surface area contributed by atoms with Gasteiger partial charge in [0.25, 0.3) is 0 Å². The van der Waals surface area contributed by atoms with E-state index in [4.69, 9.17) is 4.74 Å². The van der Waals surface area contributed by atoms with Crippen LogP contribution in [-0.2, 0) is 11.3 Å². The fourth-order valence-electron chi connectivity index (χ4n) is 2.18. The van der Waals surface area contributed by atoms with Gasteiger partial charge in [-0.25, -0.2) is 0 Å². The molecule has 0 atom stereocenters. The molecule has 0 bridgehead atoms. The molecule has 0 spiro atoms. The molecule has 0 amide bonds. The second-order valence-corrected chi connectivity index (χ2v) is 3.87. The maximum Gasteiger partial charge on any atom is 0.189 e. The predicted molar refractivity (Wildman–Crippen MR) is 57.0 cm³/mol. The average Bonchev–Trinajstić information content (AvgIpc) is 2.43. The quantitative estimate of drug-likeness (QED) is 0.709. The zero-order chi connectivity index (χ0) is 10.4. The minimum absolute atomic E-state index is 0.0679. The van der Waals surface area contributed by atoms with Crippen molar-refractivity contribution in [2.75, 3.05) is 6.61 Å². The average molecular weight is 201 g/mol. The van der Waals surface area contributed by atoms with E-state index in [2.05, 4.69) is 4.98 Å². The summed E-state index contributed by atoms with van der Waals surface area (Å²) in [6.07, 6.45) is 0. The minimum atomic E-state index is 0.0679. The zero-order valence-corrected chi connectivity index (χ0v) is 8.46. The highest BCUT2D eigenvalue weighted by atomic mass is 16.5. The van der Waals surface area contributed by atoms with Gasteiger partial charge in [0.1, 0.15) is 6.61 Å². The van der Waals surface area contributed by atoms with Crippen molar-refractivity contribution in [2.45, 2.75) is 13.5 Å². The highest BCUT2D eigenvalue weighted by molar-refractivity contribution is 6.10. The summed E-state index contributed by atoms with van der Waals surface area (Å²) in [5.74, 6) is 0.0679. The SMILES string of the molecule is Cc1[nH]c2cccc3c2c1COCC3=O. The summed E-state index contributed by atoms with van der Waals surface area (Å²) in [5.41, 5.74) is 4.02. The summed E-state index contributed by atoms with van der Waals surface area (Å²) < 4.78 is 5.35. The van der Waals surface area contributed by atoms with Gasteiger partial charge < -0.3 is 9.72 Å². The van der Waals surface area contributed by atoms with Crippen molar-refractivity contribution in [3.63, 3.8) is 0 Å². The van der Waals surface area contributed by atoms with Crippen molar-refractivity contribution in [1.82, 2.24) is 4.98 Å². The molecule has 0 aliphatic carbocycles. The van der Waals surface area contributed by atoms with Gasteiger partial charge in [-0.05, 0) is 13.0 Å². The molecule has 15 heavy (non-hydrogen) atoms. The number of Topliss-reactive ketones (excluding diaryl/α,β-unsaturated/α-hetero) is 1. The number of carbonyl (C=O) groups excluding carboxylic acids is 1. The topological polar surface area (TPSA) is 42.1 Å². The number of hydrogen-bond acceptors (Lipinski definition) is 2. The molecule has 0 saturated heterocycles. The second-order valence-electron chi connectivity index (χ2n) is 3.87. The molecular formula is C12H11NO2. The molecule has 3 heteroatoms. The molecular weight excluding hydrogens is 190 g/mol. The van der Waals surface area contributed by atoms with Crippen molar-refractivity contribution >= 4 is 16.7 Å². The van der Waals surface area contributed by atoms with Crippen LogP contribution in [0.1, 0.15) is 21.6 Å². The zero-order valence-electron chi connectivity index (χ0n) is 8.46. The molecule has 3 rings (SSSR count). The number of rotatable bonds is 0. The van der Waals surface area contributed by atoms with Crippen LogP contribution in [0.3, 0.4) is 0 Å². The first-order chi connectivity index (χ1) is 7.27. The van der Waals surface area contributed by atoms with Gasteiger partial charge in [-0.3, -0.25) is 4.79 Å². The maximum atomic E-state index is 11.8. The van der Waals surface area contributed by atoms with E-state index in [1.54, 1.807) is 0 Å². The number of H-pyrrole nitrogens is 1. The highest BCUT2D eigenvalue weighted by Crippen LogP contribution is 2.28. The molecule has 1 aromatic heterocycles. The summed E-state index contributed by atoms with van der Waals surface area (Å²) in [6, 6.07) is 5.77. The number of aryl methyl sites for hydroxylation is 1. The Labute approximate surface area is 87.1 Å². The van der Waals surface area contributed by atoms with E-state index in [1.165, 1.54) is 0 Å². The number of ether oxygens (including phenoxy) is 1. The van der Waals surface area contributed by atoms with E-state index in [1.807, 2.05) is 25.1 Å². The second kappa shape index (κ2) is 2.94. The maximum absolute atomic E-state index is 11.8. The highest BCUT2D eigenvalue weighted by Gasteiger charge is 2.20. The number of ketones is 1. The smallest absolute Gasteiger partial charge is 0.189 e. The first kappa shape index (κ1) is 8.68. The lowest BCUT2D eigenvalue weighted by Gasteiger charge is -1.98. The number of nitrogens with one attached hydrogen (secondary N) is 1. The van der Waals surface area contributed by atoms with Gasteiger partial charge in [-0.15, -0.1) is 0 Å². The largest absolute Gasteiger partial charge is 0.369 e. The number of hydrogen-bond donors (Lipinski definition) is 1. The van der Waals surface area contributed by atoms with E-state index >= 15 is 0 Å². The van der Waals surface area contributed by atoms with Gasteiger partial charge in [-0.1, -0.05) is 12.1 Å². The number of benzene rings is 1. The van der Waals surface area contributed by atoms with E-state index in [9.17, 15) is 4.79 Å². The fraction of sp³-hybridized carbons (Fsp3) is 0.250. The van der Waals surface area contributed by atoms with Gasteiger partial charge in [0.2, 0.25) is 0 Å². The normalized spacial score (nSPS) is 15.7. The first-order valence-corrected chi connectivity index (χ1v) is 4.98. The Kier molecular flexibility index (Phi) is 1.70. The summed E-state index contributed by atoms with van der Waals surface area (Å²) >= 11 is 0. The molecule has 1 N–H and O–H groups in total. The molecule has 2 heterocycles. The first-order valence-electron chi connectivity index (χ1n) is 4.98. The lowest BCUT2D eigenvalue weighted by molar-refractivity contribution is 0.0741. The third-order valence-electron chi connectivity index (χ3n) is 2.92. The molecule has 0 saturated carbocycles. The number of aromatic amines is 1. The van der Waals surface area contributed by atoms with Gasteiger partial charge in [0.05, 0.1) is 6.61 Å². The van der Waals surface area contributed by atoms with E-state index < -0.39 is 0 Å². The number of aromatic nitrogens is 1. The predicted octanol–water partition coefficient (Wildman–Crippen LogP) is 2.19. The van der Waals surface area contributed by atoms with Crippen LogP contribution in [0.25, 0.3) is 10.9 Å². The Morgan fingerprint density at radius 2 is 2.20 bits per heavy atom. The van der Waals surface area contributed by atoms with Crippen LogP contribution < -0.4 is 0 Å². The van der Waals surface area contributed by atoms with Gasteiger partial charge in [-0.2, -0.15) is 0 Å². The van der Waals surface area contributed by atoms with Crippen LogP contribution in [0.4, 0.5) is 0 Å². The molecule has 76 valence electrons. The number of carbonyl (C=O) groups is 1. The van der Waals surface area contributed by atoms with Crippen molar-refractivity contribution < 1.29 is 9.53 Å². The Balaban J connectivity index is 2.47. The van der Waals surface area contributed by atoms with E-state index in [-0.39, 0.29) is 12.4 Å². The summed E-state index contributed by atoms with van der Waals surface area (Å²) in [7, 11) is 0. The lowest BCUT2D eigenvalue weighted by atomic mass is 10.0. The Hall–Kier alpha value is -1.61. The third-order valence-corrected chi connectivity index (χ3v) is 2.92. The molecule has 1 aliphatic heterocycles. The van der Waals surface area contributed by atoms with Crippen LogP contribution in [0.2, 0.25) is 0 Å². The molecule has 0 fully saturated rings. The molecule has 1 aliphatic rings. The Morgan fingerprint density at radius 1 is 1.33 bits per heavy atom. The van der Waals surface area contributed by atoms with E-state index in [0.717, 1.165) is 27.7 Å². The van der Waals surface area contributed by atoms with Crippen LogP contribution in [-0.4, -0.2) is 17.4 Å². The van der Waals surface area contributed by atoms with Gasteiger partial charge >= 0.3 is 0 Å². The van der Waals surface area contributed by atoms with Crippen LogP contribution in [0, 0.1) is 6.92 Å². The summed E-state index contributed by atoms with van der Waals surface area (Å²) in [5, 5.41) is 1.04. The summed E-state index contributed by atoms with van der Waals surface area (Å²) in [4.78, 5) is 15.0. The Morgan fingerprint density at radius 3 is 3.07 bits per heavy atom. The monoisotopic (exact) mass is 201 g/mol. The van der Waals surface area contributed by atoms with E-state index in [0.29, 0.717) is 6.61 Å². The lowest BCUT2D eigenvalue weighted by Crippen LogP contribution is -2.05. The van der Waals surface area contributed by atoms with Crippen molar-refractivity contribution in [3.05, 3.63) is 35.0 Å². The van der Waals surface area contributed by atoms with Crippen molar-refractivity contribution in [1.29, 1.82) is 0 Å². The molecule has 1 aromatic carbocycles. The molecule has 0 radical (unpaired) electrons. The van der Waals surface area contributed by atoms with Gasteiger partial charge in [0, 0.05) is 27.7 Å². The standard InChI is InChI=1S/C12H11NO2/c1-7-9-5-15-6-11(14)8-3-2-4-10(13-7)12(8)9/h2-4,13H,5-6H2,1H3. The van der Waals surface area contributed by atoms with Crippen molar-refractivity contribution in [3.8, 4) is 0 Å². The van der Waals surface area contributed by atoms with Crippen LogP contribution >= 0.6 is 0 Å². The summed E-state index contributed by atoms with van der Waals surface area (Å²) in [6.45, 7) is 2.72. The van der Waals surface area contributed by atoms with Crippen molar-refractivity contribution in [2.24, 2.45) is 0 Å². The minimum Gasteiger partial charge on any atom is -0.369 e. The Bertz CT molecular complexity index is 554. The molecule has 3 nitrogen and oxygen atoms in total. The third kappa shape index (κ3) is 1.13. The van der Waals surface area contributed by atoms with Crippen LogP contribution in [0.5, 0.6) is 0 Å².